The smallest absolute Gasteiger partial charge is 0.449 e. The van der Waals surface area contributed by atoms with Gasteiger partial charge in [0.15, 0.2) is 6.10 Å². The summed E-state index contributed by atoms with van der Waals surface area (Å²) in [5.74, 6) is -1.75. The number of carbonyl (C=O) groups excluding carboxylic acids is 2. The van der Waals surface area contributed by atoms with Crippen LogP contribution in [0.5, 0.6) is 5.75 Å². The van der Waals surface area contributed by atoms with Crippen molar-refractivity contribution in [3.8, 4) is 11.4 Å². The first kappa shape index (κ1) is 20.9. The fourth-order valence-corrected chi connectivity index (χ4v) is 2.44. The first-order valence-electron chi connectivity index (χ1n) is 8.69. The number of esters is 1. The van der Waals surface area contributed by atoms with Crippen LogP contribution in [0.15, 0.2) is 67.0 Å². The number of anilines is 1. The van der Waals surface area contributed by atoms with E-state index < -0.39 is 30.1 Å². The monoisotopic (exact) mass is 419 g/mol. The summed E-state index contributed by atoms with van der Waals surface area (Å²) in [5.41, 5.74) is 1.22. The summed E-state index contributed by atoms with van der Waals surface area (Å²) in [6, 6.07) is 12.8. The fourth-order valence-electron chi connectivity index (χ4n) is 2.44. The van der Waals surface area contributed by atoms with E-state index in [1.807, 2.05) is 0 Å². The minimum absolute atomic E-state index is 0.223. The molecule has 1 aromatic heterocycles. The summed E-state index contributed by atoms with van der Waals surface area (Å²) in [6.07, 6.45) is -2.56. The molecule has 0 saturated heterocycles. The van der Waals surface area contributed by atoms with Crippen molar-refractivity contribution >= 4 is 17.6 Å². The number of nitrogens with one attached hydrogen (secondary N) is 1. The maximum absolute atomic E-state index is 12.2. The minimum atomic E-state index is -4.80. The van der Waals surface area contributed by atoms with Crippen molar-refractivity contribution in [3.05, 3.63) is 72.6 Å². The number of amides is 1. The van der Waals surface area contributed by atoms with Gasteiger partial charge in [0.05, 0.1) is 11.3 Å². The Balaban J connectivity index is 1.55. The second-order valence-corrected chi connectivity index (χ2v) is 6.11. The molecule has 0 fully saturated rings. The van der Waals surface area contributed by atoms with Crippen LogP contribution in [0.25, 0.3) is 5.69 Å². The van der Waals surface area contributed by atoms with Crippen LogP contribution in [0.4, 0.5) is 18.9 Å². The Morgan fingerprint density at radius 1 is 1.07 bits per heavy atom. The van der Waals surface area contributed by atoms with Gasteiger partial charge < -0.3 is 14.8 Å². The minimum Gasteiger partial charge on any atom is -0.449 e. The molecule has 0 aliphatic heterocycles. The van der Waals surface area contributed by atoms with Crippen LogP contribution in [-0.4, -0.2) is 34.1 Å². The molecule has 1 amide bonds. The molecule has 2 aromatic carbocycles. The molecule has 30 heavy (non-hydrogen) atoms. The van der Waals surface area contributed by atoms with E-state index in [2.05, 4.69) is 15.2 Å². The highest BCUT2D eigenvalue weighted by Crippen LogP contribution is 2.24. The van der Waals surface area contributed by atoms with Crippen LogP contribution in [0, 0.1) is 0 Å². The average molecular weight is 419 g/mol. The summed E-state index contributed by atoms with van der Waals surface area (Å²) in [5, 5.41) is 6.53. The van der Waals surface area contributed by atoms with Gasteiger partial charge in [-0.3, -0.25) is 4.79 Å². The first-order chi connectivity index (χ1) is 14.2. The first-order valence-corrected chi connectivity index (χ1v) is 8.69. The van der Waals surface area contributed by atoms with Gasteiger partial charge in [0.25, 0.3) is 5.91 Å². The Morgan fingerprint density at radius 2 is 1.73 bits per heavy atom. The fraction of sp³-hybridized carbons (Fsp3) is 0.150. The summed E-state index contributed by atoms with van der Waals surface area (Å²) in [6.45, 7) is 1.38. The zero-order valence-electron chi connectivity index (χ0n) is 15.6. The Hall–Kier alpha value is -3.82. The van der Waals surface area contributed by atoms with Gasteiger partial charge in [-0.25, -0.2) is 9.48 Å². The molecule has 1 unspecified atom stereocenters. The second-order valence-electron chi connectivity index (χ2n) is 6.11. The lowest BCUT2D eigenvalue weighted by Gasteiger charge is -2.14. The topological polar surface area (TPSA) is 82.5 Å². The molecule has 3 aromatic rings. The Kier molecular flexibility index (Phi) is 6.05. The molecule has 0 radical (unpaired) electrons. The average Bonchev–Trinajstić information content (AvgIpc) is 3.23. The van der Waals surface area contributed by atoms with Gasteiger partial charge in [0, 0.05) is 18.1 Å². The highest BCUT2D eigenvalue weighted by atomic mass is 19.4. The maximum Gasteiger partial charge on any atom is 0.573 e. The molecule has 156 valence electrons. The van der Waals surface area contributed by atoms with Crippen LogP contribution in [0.1, 0.15) is 17.3 Å². The van der Waals surface area contributed by atoms with E-state index in [4.69, 9.17) is 4.74 Å². The van der Waals surface area contributed by atoms with Crippen LogP contribution < -0.4 is 10.1 Å². The van der Waals surface area contributed by atoms with E-state index in [9.17, 15) is 22.8 Å². The van der Waals surface area contributed by atoms with Crippen molar-refractivity contribution in [2.45, 2.75) is 19.4 Å². The van der Waals surface area contributed by atoms with Gasteiger partial charge in [0.2, 0.25) is 0 Å². The molecule has 3 rings (SSSR count). The molecule has 10 heteroatoms. The van der Waals surface area contributed by atoms with Gasteiger partial charge >= 0.3 is 12.3 Å². The number of carbonyl (C=O) groups is 2. The molecule has 0 spiro atoms. The lowest BCUT2D eigenvalue weighted by atomic mass is 10.2. The van der Waals surface area contributed by atoms with Crippen molar-refractivity contribution in [1.29, 1.82) is 0 Å². The summed E-state index contributed by atoms with van der Waals surface area (Å²) >= 11 is 0. The Morgan fingerprint density at radius 3 is 2.30 bits per heavy atom. The Labute approximate surface area is 169 Å². The number of halogens is 3. The number of aromatic nitrogens is 2. The molecular formula is C20H16F3N3O4. The number of nitrogens with zero attached hydrogens (tertiary/aromatic N) is 2. The summed E-state index contributed by atoms with van der Waals surface area (Å²) in [7, 11) is 0. The molecule has 0 aliphatic rings. The predicted molar refractivity (Wildman–Crippen MR) is 100 cm³/mol. The number of benzene rings is 2. The highest BCUT2D eigenvalue weighted by Gasteiger charge is 2.31. The number of hydrogen-bond acceptors (Lipinski definition) is 5. The van der Waals surface area contributed by atoms with Crippen LogP contribution >= 0.6 is 0 Å². The van der Waals surface area contributed by atoms with Crippen molar-refractivity contribution in [1.82, 2.24) is 9.78 Å². The normalized spacial score (nSPS) is 12.1. The van der Waals surface area contributed by atoms with Crippen LogP contribution in [0.2, 0.25) is 0 Å². The molecule has 0 bridgehead atoms. The lowest BCUT2D eigenvalue weighted by molar-refractivity contribution is -0.274. The van der Waals surface area contributed by atoms with Gasteiger partial charge in [-0.15, -0.1) is 13.2 Å². The van der Waals surface area contributed by atoms with E-state index in [-0.39, 0.29) is 11.3 Å². The van der Waals surface area contributed by atoms with Crippen LogP contribution in [0.3, 0.4) is 0 Å². The van der Waals surface area contributed by atoms with Crippen molar-refractivity contribution in [2.24, 2.45) is 0 Å². The van der Waals surface area contributed by atoms with Crippen molar-refractivity contribution < 1.29 is 32.2 Å². The Bertz CT molecular complexity index is 1000. The van der Waals surface area contributed by atoms with Gasteiger partial charge in [-0.05, 0) is 61.5 Å². The van der Waals surface area contributed by atoms with Gasteiger partial charge in [0.1, 0.15) is 5.75 Å². The third-order valence-corrected chi connectivity index (χ3v) is 3.88. The molecular weight excluding hydrogens is 403 g/mol. The molecule has 1 heterocycles. The van der Waals surface area contributed by atoms with E-state index in [1.165, 1.54) is 19.1 Å². The maximum atomic E-state index is 12.2. The molecule has 0 saturated carbocycles. The number of ether oxygens (including phenoxy) is 2. The van der Waals surface area contributed by atoms with Gasteiger partial charge in [-0.1, -0.05) is 0 Å². The number of rotatable bonds is 6. The largest absolute Gasteiger partial charge is 0.573 e. The quantitative estimate of drug-likeness (QED) is 0.612. The van der Waals surface area contributed by atoms with E-state index in [0.29, 0.717) is 0 Å². The van der Waals surface area contributed by atoms with Crippen molar-refractivity contribution in [3.63, 3.8) is 0 Å². The van der Waals surface area contributed by atoms with Gasteiger partial charge in [-0.2, -0.15) is 5.10 Å². The third kappa shape index (κ3) is 5.60. The molecule has 0 aliphatic carbocycles. The third-order valence-electron chi connectivity index (χ3n) is 3.88. The molecule has 7 nitrogen and oxygen atoms in total. The van der Waals surface area contributed by atoms with Crippen LogP contribution in [-0.2, 0) is 9.53 Å². The number of hydrogen-bond donors (Lipinski definition) is 1. The standard InChI is InChI=1S/C20H16F3N3O4/c1-13(18(27)25-15-5-9-17(10-6-15)30-20(21,22)23)29-19(28)14-3-7-16(8-4-14)26-12-2-11-24-26/h2-13H,1H3,(H,25,27). The SMILES string of the molecule is CC(OC(=O)c1ccc(-n2cccn2)cc1)C(=O)Nc1ccc(OC(F)(F)F)cc1. The summed E-state index contributed by atoms with van der Waals surface area (Å²) < 4.78 is 47.0. The second kappa shape index (κ2) is 8.68. The van der Waals surface area contributed by atoms with Crippen molar-refractivity contribution in [2.75, 3.05) is 5.32 Å². The lowest BCUT2D eigenvalue weighted by Crippen LogP contribution is -2.30. The van der Waals surface area contributed by atoms with E-state index in [0.717, 1.165) is 17.8 Å². The molecule has 1 atom stereocenters. The zero-order valence-corrected chi connectivity index (χ0v) is 15.6. The number of alkyl halides is 3. The zero-order chi connectivity index (χ0) is 21.7. The van der Waals surface area contributed by atoms with E-state index in [1.54, 1.807) is 47.4 Å². The highest BCUT2D eigenvalue weighted by molar-refractivity contribution is 5.97. The summed E-state index contributed by atoms with van der Waals surface area (Å²) in [4.78, 5) is 24.4. The predicted octanol–water partition coefficient (Wildman–Crippen LogP) is 3.95. The van der Waals surface area contributed by atoms with E-state index >= 15 is 0 Å². The molecule has 1 N–H and O–H groups in total.